The first-order chi connectivity index (χ1) is 8.50. The number of nitrogens with two attached hydrogens (primary N) is 2. The third kappa shape index (κ3) is 2.40. The first-order valence-electron chi connectivity index (χ1n) is 6.40. The van der Waals surface area contributed by atoms with Crippen molar-refractivity contribution in [2.24, 2.45) is 17.4 Å². The molecule has 1 aliphatic carbocycles. The van der Waals surface area contributed by atoms with Crippen molar-refractivity contribution in [3.05, 3.63) is 35.4 Å². The zero-order valence-electron chi connectivity index (χ0n) is 10.9. The molecular formula is C14H21N3O. The number of hydrogen-bond acceptors (Lipinski definition) is 3. The van der Waals surface area contributed by atoms with Crippen molar-refractivity contribution in [3.8, 4) is 0 Å². The zero-order valence-corrected chi connectivity index (χ0v) is 10.9. The van der Waals surface area contributed by atoms with Gasteiger partial charge in [0, 0.05) is 12.1 Å². The number of fused-ring (bicyclic) bond motifs is 1. The van der Waals surface area contributed by atoms with Crippen LogP contribution in [0.4, 0.5) is 0 Å². The summed E-state index contributed by atoms with van der Waals surface area (Å²) >= 11 is 0. The lowest BCUT2D eigenvalue weighted by atomic mass is 10.0. The molecule has 4 nitrogen and oxygen atoms in total. The van der Waals surface area contributed by atoms with Crippen LogP contribution in [0.2, 0.25) is 0 Å². The molecule has 0 fully saturated rings. The van der Waals surface area contributed by atoms with E-state index in [1.807, 2.05) is 26.0 Å². The zero-order chi connectivity index (χ0) is 13.3. The predicted octanol–water partition coefficient (Wildman–Crippen LogP) is 1.23. The Morgan fingerprint density at radius 2 is 1.94 bits per heavy atom. The van der Waals surface area contributed by atoms with E-state index < -0.39 is 0 Å². The van der Waals surface area contributed by atoms with Gasteiger partial charge in [0.25, 0.3) is 0 Å². The summed E-state index contributed by atoms with van der Waals surface area (Å²) in [5.41, 5.74) is 13.9. The second-order valence-electron chi connectivity index (χ2n) is 5.31. The summed E-state index contributed by atoms with van der Waals surface area (Å²) in [7, 11) is 0. The molecule has 3 unspecified atom stereocenters. The average molecular weight is 247 g/mol. The van der Waals surface area contributed by atoms with Gasteiger partial charge >= 0.3 is 0 Å². The Labute approximate surface area is 108 Å². The summed E-state index contributed by atoms with van der Waals surface area (Å²) in [5.74, 6) is -0.130. The predicted molar refractivity (Wildman–Crippen MR) is 71.7 cm³/mol. The van der Waals surface area contributed by atoms with Gasteiger partial charge in [-0.2, -0.15) is 0 Å². The van der Waals surface area contributed by atoms with E-state index >= 15 is 0 Å². The molecule has 0 bridgehead atoms. The second kappa shape index (κ2) is 5.08. The van der Waals surface area contributed by atoms with Crippen LogP contribution in [0.1, 0.15) is 43.5 Å². The molecule has 0 aromatic heterocycles. The number of rotatable bonds is 4. The molecule has 5 N–H and O–H groups in total. The van der Waals surface area contributed by atoms with Crippen LogP contribution in [0.25, 0.3) is 0 Å². The molecule has 1 aromatic rings. The van der Waals surface area contributed by atoms with Crippen LogP contribution in [-0.4, -0.2) is 11.9 Å². The average Bonchev–Trinajstić information content (AvgIpc) is 2.63. The molecule has 0 aliphatic heterocycles. The normalized spacial score (nSPS) is 24.0. The molecule has 18 heavy (non-hydrogen) atoms. The van der Waals surface area contributed by atoms with E-state index in [1.54, 1.807) is 0 Å². The van der Waals surface area contributed by atoms with E-state index in [0.717, 1.165) is 6.42 Å². The SMILES string of the molecule is CC(C)C(NC1CC(N)c2ccccc21)C(N)=O. The lowest BCUT2D eigenvalue weighted by Crippen LogP contribution is -2.46. The number of primary amides is 1. The highest BCUT2D eigenvalue weighted by Gasteiger charge is 2.31. The van der Waals surface area contributed by atoms with Crippen LogP contribution < -0.4 is 16.8 Å². The van der Waals surface area contributed by atoms with Crippen LogP contribution in [0, 0.1) is 5.92 Å². The Morgan fingerprint density at radius 1 is 1.33 bits per heavy atom. The summed E-state index contributed by atoms with van der Waals surface area (Å²) in [6, 6.07) is 7.97. The maximum Gasteiger partial charge on any atom is 0.234 e. The number of carbonyl (C=O) groups excluding carboxylic acids is 1. The Bertz CT molecular complexity index is 444. The molecular weight excluding hydrogens is 226 g/mol. The van der Waals surface area contributed by atoms with Gasteiger partial charge in [0.05, 0.1) is 6.04 Å². The largest absolute Gasteiger partial charge is 0.368 e. The van der Waals surface area contributed by atoms with Gasteiger partial charge in [0.2, 0.25) is 5.91 Å². The van der Waals surface area contributed by atoms with Crippen molar-refractivity contribution in [2.75, 3.05) is 0 Å². The quantitative estimate of drug-likeness (QED) is 0.748. The molecule has 1 aromatic carbocycles. The van der Waals surface area contributed by atoms with Crippen molar-refractivity contribution < 1.29 is 4.79 Å². The van der Waals surface area contributed by atoms with Gasteiger partial charge in [-0.1, -0.05) is 38.1 Å². The highest BCUT2D eigenvalue weighted by atomic mass is 16.1. The summed E-state index contributed by atoms with van der Waals surface area (Å²) in [6.45, 7) is 3.98. The highest BCUT2D eigenvalue weighted by Crippen LogP contribution is 2.37. The number of amides is 1. The minimum absolute atomic E-state index is 0.0411. The van der Waals surface area contributed by atoms with Gasteiger partial charge in [-0.15, -0.1) is 0 Å². The smallest absolute Gasteiger partial charge is 0.234 e. The fourth-order valence-corrected chi connectivity index (χ4v) is 2.65. The molecule has 2 rings (SSSR count). The Hall–Kier alpha value is -1.39. The summed E-state index contributed by atoms with van der Waals surface area (Å²) in [5, 5.41) is 3.35. The maximum atomic E-state index is 11.5. The van der Waals surface area contributed by atoms with Gasteiger partial charge in [-0.25, -0.2) is 0 Å². The monoisotopic (exact) mass is 247 g/mol. The molecule has 0 saturated heterocycles. The third-order valence-electron chi connectivity index (χ3n) is 3.61. The number of nitrogens with one attached hydrogen (secondary N) is 1. The van der Waals surface area contributed by atoms with Crippen molar-refractivity contribution in [1.29, 1.82) is 0 Å². The molecule has 98 valence electrons. The van der Waals surface area contributed by atoms with E-state index in [0.29, 0.717) is 0 Å². The summed E-state index contributed by atoms with van der Waals surface area (Å²) in [6.07, 6.45) is 0.815. The van der Waals surface area contributed by atoms with Gasteiger partial charge in [-0.05, 0) is 23.5 Å². The Balaban J connectivity index is 2.19. The lowest BCUT2D eigenvalue weighted by molar-refractivity contribution is -0.121. The van der Waals surface area contributed by atoms with E-state index in [9.17, 15) is 4.79 Å². The third-order valence-corrected chi connectivity index (χ3v) is 3.61. The first-order valence-corrected chi connectivity index (χ1v) is 6.40. The molecule has 0 radical (unpaired) electrons. The van der Waals surface area contributed by atoms with Crippen molar-refractivity contribution in [2.45, 2.75) is 38.4 Å². The minimum Gasteiger partial charge on any atom is -0.368 e. The number of benzene rings is 1. The van der Waals surface area contributed by atoms with E-state index in [4.69, 9.17) is 11.5 Å². The Kier molecular flexibility index (Phi) is 3.68. The molecule has 0 heterocycles. The molecule has 1 amide bonds. The summed E-state index contributed by atoms with van der Waals surface area (Å²) < 4.78 is 0. The topological polar surface area (TPSA) is 81.1 Å². The van der Waals surface area contributed by atoms with E-state index in [-0.39, 0.29) is 30.0 Å². The molecule has 3 atom stereocenters. The van der Waals surface area contributed by atoms with Crippen molar-refractivity contribution in [1.82, 2.24) is 5.32 Å². The highest BCUT2D eigenvalue weighted by molar-refractivity contribution is 5.80. The maximum absolute atomic E-state index is 11.5. The minimum atomic E-state index is -0.312. The molecule has 0 spiro atoms. The summed E-state index contributed by atoms with van der Waals surface area (Å²) in [4.78, 5) is 11.5. The van der Waals surface area contributed by atoms with Crippen LogP contribution in [0.15, 0.2) is 24.3 Å². The fourth-order valence-electron chi connectivity index (χ4n) is 2.65. The van der Waals surface area contributed by atoms with Gasteiger partial charge < -0.3 is 11.5 Å². The number of carbonyl (C=O) groups is 1. The van der Waals surface area contributed by atoms with Gasteiger partial charge in [0.15, 0.2) is 0 Å². The van der Waals surface area contributed by atoms with Crippen molar-refractivity contribution in [3.63, 3.8) is 0 Å². The van der Waals surface area contributed by atoms with Crippen molar-refractivity contribution >= 4 is 5.91 Å². The molecule has 1 aliphatic rings. The number of hydrogen-bond donors (Lipinski definition) is 3. The van der Waals surface area contributed by atoms with Gasteiger partial charge in [-0.3, -0.25) is 10.1 Å². The second-order valence-corrected chi connectivity index (χ2v) is 5.31. The first kappa shape index (κ1) is 13.1. The van der Waals surface area contributed by atoms with E-state index in [2.05, 4.69) is 17.4 Å². The van der Waals surface area contributed by atoms with Crippen LogP contribution in [-0.2, 0) is 4.79 Å². The standard InChI is InChI=1S/C14H21N3O/c1-8(2)13(14(16)18)17-12-7-11(15)9-5-3-4-6-10(9)12/h3-6,8,11-13,17H,7,15H2,1-2H3,(H2,16,18). The molecule has 4 heteroatoms. The van der Waals surface area contributed by atoms with Crippen LogP contribution >= 0.6 is 0 Å². The fraction of sp³-hybridized carbons (Fsp3) is 0.500. The van der Waals surface area contributed by atoms with Crippen LogP contribution in [0.5, 0.6) is 0 Å². The Morgan fingerprint density at radius 3 is 2.50 bits per heavy atom. The molecule has 0 saturated carbocycles. The lowest BCUT2D eigenvalue weighted by Gasteiger charge is -2.24. The van der Waals surface area contributed by atoms with Gasteiger partial charge in [0.1, 0.15) is 0 Å². The van der Waals surface area contributed by atoms with Crippen LogP contribution in [0.3, 0.4) is 0 Å². The van der Waals surface area contributed by atoms with E-state index in [1.165, 1.54) is 11.1 Å².